The van der Waals surface area contributed by atoms with Gasteiger partial charge in [-0.2, -0.15) is 0 Å². The maximum absolute atomic E-state index is 13.7. The number of hydrogen-bond donors (Lipinski definition) is 0. The lowest BCUT2D eigenvalue weighted by molar-refractivity contribution is -0.139. The first kappa shape index (κ1) is 18.3. The second-order valence-corrected chi connectivity index (χ2v) is 7.06. The van der Waals surface area contributed by atoms with Crippen LogP contribution in [0.3, 0.4) is 0 Å². The summed E-state index contributed by atoms with van der Waals surface area (Å²) in [7, 11) is 1.35. The minimum absolute atomic E-state index is 0.131. The molecule has 3 aromatic carbocycles. The van der Waals surface area contributed by atoms with Gasteiger partial charge in [0.05, 0.1) is 13.5 Å². The van der Waals surface area contributed by atoms with Gasteiger partial charge in [0.1, 0.15) is 17.3 Å². The Balaban J connectivity index is 1.98. The van der Waals surface area contributed by atoms with Crippen LogP contribution in [0.25, 0.3) is 10.8 Å². The van der Waals surface area contributed by atoms with Gasteiger partial charge in [0.25, 0.3) is 0 Å². The van der Waals surface area contributed by atoms with Gasteiger partial charge >= 0.3 is 5.97 Å². The summed E-state index contributed by atoms with van der Waals surface area (Å²) in [5.74, 6) is 1.50. The zero-order chi connectivity index (χ0) is 18.5. The molecule has 0 N–H and O–H groups in total. The normalized spacial score (nSPS) is 10.7. The number of rotatable bonds is 6. The van der Waals surface area contributed by atoms with E-state index in [9.17, 15) is 9.18 Å². The van der Waals surface area contributed by atoms with Crippen LogP contribution in [0.5, 0.6) is 11.5 Å². The smallest absolute Gasteiger partial charge is 0.309 e. The van der Waals surface area contributed by atoms with E-state index in [0.29, 0.717) is 16.9 Å². The largest absolute Gasteiger partial charge is 0.469 e. The molecular formula is C21H19FO3S. The Morgan fingerprint density at radius 2 is 1.85 bits per heavy atom. The van der Waals surface area contributed by atoms with Crippen molar-refractivity contribution in [1.82, 2.24) is 0 Å². The van der Waals surface area contributed by atoms with Gasteiger partial charge in [-0.3, -0.25) is 4.79 Å². The van der Waals surface area contributed by atoms with E-state index in [1.54, 1.807) is 23.9 Å². The number of carbonyl (C=O) groups excluding carboxylic acids is 1. The first-order valence-electron chi connectivity index (χ1n) is 8.28. The van der Waals surface area contributed by atoms with E-state index in [2.05, 4.69) is 6.92 Å². The van der Waals surface area contributed by atoms with Gasteiger partial charge in [-0.05, 0) is 59.2 Å². The Morgan fingerprint density at radius 1 is 1.08 bits per heavy atom. The topological polar surface area (TPSA) is 35.5 Å². The first-order valence-corrected chi connectivity index (χ1v) is 9.27. The monoisotopic (exact) mass is 370 g/mol. The average Bonchev–Trinajstić information content (AvgIpc) is 2.64. The highest BCUT2D eigenvalue weighted by atomic mass is 32.2. The number of ether oxygens (including phenoxy) is 2. The van der Waals surface area contributed by atoms with Crippen LogP contribution in [0.2, 0.25) is 0 Å². The standard InChI is InChI=1S/C21H19FO3S/c1-3-26-18-8-6-17(7-9-18)25-20-11-14(12-21(23)24-2)10-15-4-5-16(22)13-19(15)20/h4-11,13H,3,12H2,1-2H3. The van der Waals surface area contributed by atoms with E-state index in [1.807, 2.05) is 30.3 Å². The predicted molar refractivity (Wildman–Crippen MR) is 103 cm³/mol. The Hall–Kier alpha value is -2.53. The Labute approximate surface area is 156 Å². The molecule has 134 valence electrons. The molecule has 3 nitrogen and oxygen atoms in total. The number of thioether (sulfide) groups is 1. The molecule has 3 aromatic rings. The van der Waals surface area contributed by atoms with Crippen LogP contribution in [-0.2, 0) is 16.0 Å². The lowest BCUT2D eigenvalue weighted by Gasteiger charge is -2.12. The van der Waals surface area contributed by atoms with Crippen LogP contribution < -0.4 is 4.74 Å². The van der Waals surface area contributed by atoms with Crippen molar-refractivity contribution in [2.24, 2.45) is 0 Å². The molecule has 0 spiro atoms. The fourth-order valence-electron chi connectivity index (χ4n) is 2.68. The third-order valence-electron chi connectivity index (χ3n) is 3.88. The molecule has 0 bridgehead atoms. The van der Waals surface area contributed by atoms with E-state index in [4.69, 9.17) is 9.47 Å². The maximum atomic E-state index is 13.7. The van der Waals surface area contributed by atoms with E-state index < -0.39 is 0 Å². The second-order valence-electron chi connectivity index (χ2n) is 5.72. The van der Waals surface area contributed by atoms with Crippen molar-refractivity contribution in [3.63, 3.8) is 0 Å². The van der Waals surface area contributed by atoms with Crippen LogP contribution in [-0.4, -0.2) is 18.8 Å². The van der Waals surface area contributed by atoms with Crippen LogP contribution in [0.15, 0.2) is 59.5 Å². The van der Waals surface area contributed by atoms with E-state index >= 15 is 0 Å². The summed E-state index contributed by atoms with van der Waals surface area (Å²) in [6, 6.07) is 15.9. The van der Waals surface area contributed by atoms with Crippen LogP contribution in [0, 0.1) is 5.82 Å². The highest BCUT2D eigenvalue weighted by Gasteiger charge is 2.11. The SMILES string of the molecule is CCSc1ccc(Oc2cc(CC(=O)OC)cc3ccc(F)cc23)cc1. The number of esters is 1. The van der Waals surface area contributed by atoms with Crippen molar-refractivity contribution in [2.75, 3.05) is 12.9 Å². The van der Waals surface area contributed by atoms with Gasteiger partial charge in [-0.1, -0.05) is 19.1 Å². The average molecular weight is 370 g/mol. The highest BCUT2D eigenvalue weighted by molar-refractivity contribution is 7.99. The lowest BCUT2D eigenvalue weighted by Crippen LogP contribution is -2.04. The number of benzene rings is 3. The van der Waals surface area contributed by atoms with Gasteiger partial charge in [0.2, 0.25) is 0 Å². The molecule has 0 atom stereocenters. The number of carbonyl (C=O) groups is 1. The lowest BCUT2D eigenvalue weighted by atomic mass is 10.0. The Bertz CT molecular complexity index is 922. The zero-order valence-electron chi connectivity index (χ0n) is 14.6. The van der Waals surface area contributed by atoms with E-state index in [-0.39, 0.29) is 18.2 Å². The fraction of sp³-hybridized carbons (Fsp3) is 0.190. The summed E-state index contributed by atoms with van der Waals surface area (Å²) in [6.45, 7) is 2.10. The highest BCUT2D eigenvalue weighted by Crippen LogP contribution is 2.33. The predicted octanol–water partition coefficient (Wildman–Crippen LogP) is 5.60. The van der Waals surface area contributed by atoms with Gasteiger partial charge in [0.15, 0.2) is 0 Å². The molecule has 5 heteroatoms. The molecule has 0 aromatic heterocycles. The molecule has 0 aliphatic rings. The molecule has 0 saturated heterocycles. The molecular weight excluding hydrogens is 351 g/mol. The van der Waals surface area contributed by atoms with Gasteiger partial charge < -0.3 is 9.47 Å². The third kappa shape index (κ3) is 4.35. The number of hydrogen-bond acceptors (Lipinski definition) is 4. The minimum Gasteiger partial charge on any atom is -0.469 e. The second kappa shape index (κ2) is 8.23. The number of halogens is 1. The summed E-state index contributed by atoms with van der Waals surface area (Å²) >= 11 is 1.75. The van der Waals surface area contributed by atoms with Crippen molar-refractivity contribution in [3.05, 3.63) is 66.0 Å². The summed E-state index contributed by atoms with van der Waals surface area (Å²) in [4.78, 5) is 12.8. The van der Waals surface area contributed by atoms with Crippen LogP contribution in [0.1, 0.15) is 12.5 Å². The minimum atomic E-state index is -0.335. The quantitative estimate of drug-likeness (QED) is 0.418. The Morgan fingerprint density at radius 3 is 2.54 bits per heavy atom. The molecule has 0 saturated carbocycles. The van der Waals surface area contributed by atoms with Crippen molar-refractivity contribution in [1.29, 1.82) is 0 Å². The molecule has 0 radical (unpaired) electrons. The molecule has 0 amide bonds. The molecule has 0 fully saturated rings. The molecule has 0 aliphatic heterocycles. The molecule has 0 aliphatic carbocycles. The summed E-state index contributed by atoms with van der Waals surface area (Å²) in [6.07, 6.45) is 0.131. The fourth-order valence-corrected chi connectivity index (χ4v) is 3.34. The molecule has 26 heavy (non-hydrogen) atoms. The van der Waals surface area contributed by atoms with E-state index in [1.165, 1.54) is 19.2 Å². The van der Waals surface area contributed by atoms with Gasteiger partial charge in [-0.15, -0.1) is 11.8 Å². The molecule has 0 heterocycles. The summed E-state index contributed by atoms with van der Waals surface area (Å²) in [5, 5.41) is 1.46. The number of fused-ring (bicyclic) bond motifs is 1. The van der Waals surface area contributed by atoms with Crippen LogP contribution >= 0.6 is 11.8 Å². The van der Waals surface area contributed by atoms with Crippen molar-refractivity contribution < 1.29 is 18.7 Å². The number of methoxy groups -OCH3 is 1. The van der Waals surface area contributed by atoms with Gasteiger partial charge in [-0.25, -0.2) is 4.39 Å². The summed E-state index contributed by atoms with van der Waals surface area (Å²) in [5.41, 5.74) is 0.754. The molecule has 0 unspecified atom stereocenters. The molecule has 3 rings (SSSR count). The van der Waals surface area contributed by atoms with Crippen LogP contribution in [0.4, 0.5) is 4.39 Å². The van der Waals surface area contributed by atoms with Crippen molar-refractivity contribution in [3.8, 4) is 11.5 Å². The summed E-state index contributed by atoms with van der Waals surface area (Å²) < 4.78 is 24.5. The van der Waals surface area contributed by atoms with Gasteiger partial charge in [0, 0.05) is 10.3 Å². The first-order chi connectivity index (χ1) is 12.6. The van der Waals surface area contributed by atoms with E-state index in [0.717, 1.165) is 21.6 Å². The Kier molecular flexibility index (Phi) is 5.78. The zero-order valence-corrected chi connectivity index (χ0v) is 15.4. The third-order valence-corrected chi connectivity index (χ3v) is 4.77. The van der Waals surface area contributed by atoms with Crippen molar-refractivity contribution in [2.45, 2.75) is 18.2 Å². The maximum Gasteiger partial charge on any atom is 0.309 e. The van der Waals surface area contributed by atoms with Crippen molar-refractivity contribution >= 4 is 28.5 Å².